The Morgan fingerprint density at radius 2 is 1.38 bits per heavy atom. The largest absolute Gasteiger partial charge is 0.387 e. The molecule has 3 nitrogen and oxygen atoms in total. The van der Waals surface area contributed by atoms with Gasteiger partial charge in [0.15, 0.2) is 0 Å². The highest BCUT2D eigenvalue weighted by Gasteiger charge is 2.31. The van der Waals surface area contributed by atoms with Crippen LogP contribution in [0.15, 0.2) is 23.8 Å². The molecule has 0 aromatic heterocycles. The highest BCUT2D eigenvalue weighted by Crippen LogP contribution is 2.19. The van der Waals surface area contributed by atoms with Crippen molar-refractivity contribution in [1.82, 2.24) is 0 Å². The molecule has 0 aliphatic carbocycles. The highest BCUT2D eigenvalue weighted by molar-refractivity contribution is 5.75. The fourth-order valence-electron chi connectivity index (χ4n) is 0.430. The third-order valence-corrected chi connectivity index (χ3v) is 2.20. The molecule has 0 aromatic rings. The third-order valence-electron chi connectivity index (χ3n) is 2.20. The van der Waals surface area contributed by atoms with Crippen molar-refractivity contribution >= 4 is 6.21 Å². The van der Waals surface area contributed by atoms with Crippen LogP contribution >= 0.6 is 0 Å². The summed E-state index contributed by atoms with van der Waals surface area (Å²) in [5, 5.41) is 25.0. The summed E-state index contributed by atoms with van der Waals surface area (Å²) in [5.41, 5.74) is -0.0801. The van der Waals surface area contributed by atoms with Crippen LogP contribution in [0.3, 0.4) is 0 Å². The molecule has 0 aliphatic heterocycles. The minimum Gasteiger partial charge on any atom is -0.387 e. The number of rotatable bonds is 3. The Balaban J connectivity index is 0. The molecule has 0 heterocycles. The van der Waals surface area contributed by atoms with Gasteiger partial charge in [-0.25, -0.2) is 0 Å². The van der Waals surface area contributed by atoms with Gasteiger partial charge in [-0.2, -0.15) is 0 Å². The summed E-state index contributed by atoms with van der Waals surface area (Å²) in [4.78, 5) is 0. The van der Waals surface area contributed by atoms with Gasteiger partial charge in [-0.1, -0.05) is 18.2 Å². The molecule has 0 radical (unpaired) electrons. The quantitative estimate of drug-likeness (QED) is 0.512. The van der Waals surface area contributed by atoms with Crippen molar-refractivity contribution in [3.05, 3.63) is 23.8 Å². The monoisotopic (exact) mass is 227 g/mol. The second kappa shape index (κ2) is 6.61. The summed E-state index contributed by atoms with van der Waals surface area (Å²) >= 11 is 0. The predicted octanol–water partition coefficient (Wildman–Crippen LogP) is 2.69. The molecular formula is C13H25NO2. The van der Waals surface area contributed by atoms with E-state index in [0.29, 0.717) is 0 Å². The van der Waals surface area contributed by atoms with Gasteiger partial charge in [0.1, 0.15) is 0 Å². The van der Waals surface area contributed by atoms with E-state index in [4.69, 9.17) is 15.6 Å². The van der Waals surface area contributed by atoms with E-state index in [2.05, 4.69) is 6.58 Å². The van der Waals surface area contributed by atoms with Crippen molar-refractivity contribution in [2.24, 2.45) is 0 Å². The molecule has 0 saturated carbocycles. The number of aliphatic hydroxyl groups is 2. The van der Waals surface area contributed by atoms with Crippen LogP contribution in [0.4, 0.5) is 0 Å². The molecule has 0 amide bonds. The van der Waals surface area contributed by atoms with Gasteiger partial charge in [0.25, 0.3) is 0 Å². The van der Waals surface area contributed by atoms with Crippen LogP contribution in [0.2, 0.25) is 0 Å². The van der Waals surface area contributed by atoms with Crippen LogP contribution in [0, 0.1) is 5.41 Å². The lowest BCUT2D eigenvalue weighted by molar-refractivity contribution is -0.107. The molecule has 0 atom stereocenters. The first-order chi connectivity index (χ1) is 6.91. The number of allylic oxidation sites excluding steroid dienone is 3. The standard InChI is InChI=1S/C7H11N.C6H14O2/c1-6(2)4-7(3)5-8;1-5(2,7)6(3,4)8/h4-5,8H,1H2,2-3H3;7-8H,1-4H3/b7-4-,8-5?;. The van der Waals surface area contributed by atoms with Gasteiger partial charge in [-0.05, 0) is 47.1 Å². The first kappa shape index (κ1) is 17.5. The lowest BCUT2D eigenvalue weighted by Gasteiger charge is -2.31. The summed E-state index contributed by atoms with van der Waals surface area (Å²) in [6.45, 7) is 13.8. The Labute approximate surface area is 99.0 Å². The molecule has 0 fully saturated rings. The first-order valence-corrected chi connectivity index (χ1v) is 5.21. The van der Waals surface area contributed by atoms with Crippen LogP contribution in [0.25, 0.3) is 0 Å². The lowest BCUT2D eigenvalue weighted by atomic mass is 9.90. The Hall–Kier alpha value is -0.930. The number of nitrogens with one attached hydrogen (secondary N) is 1. The van der Waals surface area contributed by atoms with E-state index in [0.717, 1.165) is 11.1 Å². The molecule has 0 rings (SSSR count). The van der Waals surface area contributed by atoms with E-state index in [1.54, 1.807) is 27.7 Å². The van der Waals surface area contributed by atoms with Gasteiger partial charge in [-0.15, -0.1) is 0 Å². The smallest absolute Gasteiger partial charge is 0.0872 e. The van der Waals surface area contributed by atoms with Gasteiger partial charge in [0.05, 0.1) is 11.2 Å². The molecule has 0 unspecified atom stereocenters. The molecule has 0 aromatic carbocycles. The normalized spacial score (nSPS) is 12.6. The van der Waals surface area contributed by atoms with Gasteiger partial charge in [0, 0.05) is 6.21 Å². The van der Waals surface area contributed by atoms with Crippen LogP contribution in [0.5, 0.6) is 0 Å². The maximum Gasteiger partial charge on any atom is 0.0872 e. The second-order valence-electron chi connectivity index (χ2n) is 5.00. The van der Waals surface area contributed by atoms with Gasteiger partial charge in [-0.3, -0.25) is 0 Å². The van der Waals surface area contributed by atoms with Crippen LogP contribution in [-0.4, -0.2) is 27.6 Å². The molecule has 3 N–H and O–H groups in total. The first-order valence-electron chi connectivity index (χ1n) is 5.21. The van der Waals surface area contributed by atoms with E-state index < -0.39 is 11.2 Å². The topological polar surface area (TPSA) is 64.3 Å². The van der Waals surface area contributed by atoms with Crippen molar-refractivity contribution in [1.29, 1.82) is 5.41 Å². The second-order valence-corrected chi connectivity index (χ2v) is 5.00. The highest BCUT2D eigenvalue weighted by atomic mass is 16.3. The van der Waals surface area contributed by atoms with Crippen molar-refractivity contribution in [2.75, 3.05) is 0 Å². The fourth-order valence-corrected chi connectivity index (χ4v) is 0.430. The molecule has 16 heavy (non-hydrogen) atoms. The Kier molecular flexibility index (Phi) is 7.21. The zero-order chi connectivity index (χ0) is 13.6. The SMILES string of the molecule is C=C(C)/C=C(/C)C=N.CC(C)(O)C(C)(C)O. The van der Waals surface area contributed by atoms with Crippen molar-refractivity contribution in [3.8, 4) is 0 Å². The molecular weight excluding hydrogens is 202 g/mol. The van der Waals surface area contributed by atoms with E-state index in [1.165, 1.54) is 6.21 Å². The molecule has 0 saturated heterocycles. The van der Waals surface area contributed by atoms with E-state index in [1.807, 2.05) is 19.9 Å². The summed E-state index contributed by atoms with van der Waals surface area (Å²) < 4.78 is 0. The van der Waals surface area contributed by atoms with Crippen molar-refractivity contribution in [3.63, 3.8) is 0 Å². The lowest BCUT2D eigenvalue weighted by Crippen LogP contribution is -2.44. The molecule has 0 spiro atoms. The Morgan fingerprint density at radius 1 is 1.06 bits per heavy atom. The molecule has 0 bridgehead atoms. The fraction of sp³-hybridized carbons (Fsp3) is 0.615. The molecule has 94 valence electrons. The van der Waals surface area contributed by atoms with E-state index in [9.17, 15) is 0 Å². The van der Waals surface area contributed by atoms with E-state index >= 15 is 0 Å². The average Bonchev–Trinajstić information content (AvgIpc) is 2.00. The maximum atomic E-state index is 9.10. The Bertz CT molecular complexity index is 253. The zero-order valence-electron chi connectivity index (χ0n) is 11.3. The predicted molar refractivity (Wildman–Crippen MR) is 70.0 cm³/mol. The van der Waals surface area contributed by atoms with Gasteiger partial charge >= 0.3 is 0 Å². The number of hydrogen-bond acceptors (Lipinski definition) is 3. The van der Waals surface area contributed by atoms with Gasteiger partial charge < -0.3 is 15.6 Å². The van der Waals surface area contributed by atoms with Crippen LogP contribution in [-0.2, 0) is 0 Å². The number of hydrogen-bond donors (Lipinski definition) is 3. The average molecular weight is 227 g/mol. The summed E-state index contributed by atoms with van der Waals surface area (Å²) in [6, 6.07) is 0. The summed E-state index contributed by atoms with van der Waals surface area (Å²) in [7, 11) is 0. The summed E-state index contributed by atoms with van der Waals surface area (Å²) in [5.74, 6) is 0. The van der Waals surface area contributed by atoms with E-state index in [-0.39, 0.29) is 0 Å². The zero-order valence-corrected chi connectivity index (χ0v) is 11.3. The molecule has 3 heteroatoms. The maximum absolute atomic E-state index is 9.10. The van der Waals surface area contributed by atoms with Gasteiger partial charge in [0.2, 0.25) is 0 Å². The minimum absolute atomic E-state index is 0.942. The summed E-state index contributed by atoms with van der Waals surface area (Å²) in [6.07, 6.45) is 3.18. The third kappa shape index (κ3) is 9.62. The van der Waals surface area contributed by atoms with Crippen LogP contribution < -0.4 is 0 Å². The minimum atomic E-state index is -1.01. The Morgan fingerprint density at radius 3 is 1.44 bits per heavy atom. The molecule has 0 aliphatic rings. The van der Waals surface area contributed by atoms with Crippen LogP contribution in [0.1, 0.15) is 41.5 Å². The van der Waals surface area contributed by atoms with Crippen molar-refractivity contribution < 1.29 is 10.2 Å². The van der Waals surface area contributed by atoms with Crippen molar-refractivity contribution in [2.45, 2.75) is 52.7 Å².